The monoisotopic (exact) mass is 222 g/mol. The standard InChI is InChI=1S/C9H9F3OS/c1-14-5-6-2-3-7(13)4-8(6)9(10,11)12/h2-4,13H,5H2,1H3. The molecule has 0 bridgehead atoms. The summed E-state index contributed by atoms with van der Waals surface area (Å²) in [5.41, 5.74) is -0.561. The normalized spacial score (nSPS) is 11.7. The van der Waals surface area contributed by atoms with Gasteiger partial charge in [0, 0.05) is 5.75 Å². The van der Waals surface area contributed by atoms with E-state index in [0.29, 0.717) is 0 Å². The number of hydrogen-bond acceptors (Lipinski definition) is 2. The molecule has 1 nitrogen and oxygen atoms in total. The van der Waals surface area contributed by atoms with E-state index < -0.39 is 11.7 Å². The maximum atomic E-state index is 12.4. The summed E-state index contributed by atoms with van der Waals surface area (Å²) >= 11 is 1.31. The number of halogens is 3. The summed E-state index contributed by atoms with van der Waals surface area (Å²) < 4.78 is 37.3. The van der Waals surface area contributed by atoms with Gasteiger partial charge in [0.15, 0.2) is 0 Å². The van der Waals surface area contributed by atoms with Gasteiger partial charge in [-0.3, -0.25) is 0 Å². The summed E-state index contributed by atoms with van der Waals surface area (Å²) in [4.78, 5) is 0. The van der Waals surface area contributed by atoms with Gasteiger partial charge in [0.25, 0.3) is 0 Å². The molecule has 0 saturated carbocycles. The molecule has 78 valence electrons. The Hall–Kier alpha value is -0.840. The molecule has 0 aliphatic heterocycles. The topological polar surface area (TPSA) is 20.2 Å². The molecule has 1 aromatic carbocycles. The van der Waals surface area contributed by atoms with Crippen molar-refractivity contribution in [3.63, 3.8) is 0 Å². The lowest BCUT2D eigenvalue weighted by Gasteiger charge is -2.12. The van der Waals surface area contributed by atoms with Crippen molar-refractivity contribution in [3.05, 3.63) is 29.3 Å². The molecule has 0 aliphatic rings. The van der Waals surface area contributed by atoms with E-state index in [9.17, 15) is 13.2 Å². The first-order valence-electron chi connectivity index (χ1n) is 3.83. The number of thioether (sulfide) groups is 1. The number of aromatic hydroxyl groups is 1. The highest BCUT2D eigenvalue weighted by Gasteiger charge is 2.33. The highest BCUT2D eigenvalue weighted by Crippen LogP contribution is 2.35. The van der Waals surface area contributed by atoms with Gasteiger partial charge in [0.1, 0.15) is 5.75 Å². The van der Waals surface area contributed by atoms with Crippen molar-refractivity contribution in [2.75, 3.05) is 6.26 Å². The molecule has 1 rings (SSSR count). The molecule has 0 atom stereocenters. The van der Waals surface area contributed by atoms with Crippen LogP contribution in [0.3, 0.4) is 0 Å². The maximum Gasteiger partial charge on any atom is 0.416 e. The van der Waals surface area contributed by atoms with Crippen molar-refractivity contribution >= 4 is 11.8 Å². The minimum atomic E-state index is -4.40. The van der Waals surface area contributed by atoms with E-state index in [4.69, 9.17) is 5.11 Å². The fraction of sp³-hybridized carbons (Fsp3) is 0.333. The molecule has 0 radical (unpaired) electrons. The van der Waals surface area contributed by atoms with Crippen LogP contribution in [0, 0.1) is 0 Å². The van der Waals surface area contributed by atoms with E-state index in [2.05, 4.69) is 0 Å². The molecule has 0 saturated heterocycles. The third-order valence-corrected chi connectivity index (χ3v) is 2.30. The number of phenols is 1. The van der Waals surface area contributed by atoms with Crippen LogP contribution in [-0.2, 0) is 11.9 Å². The van der Waals surface area contributed by atoms with Crippen LogP contribution >= 0.6 is 11.8 Å². The van der Waals surface area contributed by atoms with Crippen molar-refractivity contribution in [3.8, 4) is 5.75 Å². The van der Waals surface area contributed by atoms with Crippen LogP contribution < -0.4 is 0 Å². The van der Waals surface area contributed by atoms with E-state index in [1.807, 2.05) is 0 Å². The minimum absolute atomic E-state index is 0.197. The second-order valence-electron chi connectivity index (χ2n) is 2.77. The van der Waals surface area contributed by atoms with Crippen LogP contribution in [0.15, 0.2) is 18.2 Å². The van der Waals surface area contributed by atoms with E-state index in [-0.39, 0.29) is 17.1 Å². The zero-order valence-electron chi connectivity index (χ0n) is 7.43. The fourth-order valence-corrected chi connectivity index (χ4v) is 1.67. The Balaban J connectivity index is 3.16. The fourth-order valence-electron chi connectivity index (χ4n) is 1.11. The first kappa shape index (κ1) is 11.2. The third-order valence-electron chi connectivity index (χ3n) is 1.70. The van der Waals surface area contributed by atoms with E-state index in [0.717, 1.165) is 6.07 Å². The summed E-state index contributed by atoms with van der Waals surface area (Å²) in [5, 5.41) is 8.96. The zero-order chi connectivity index (χ0) is 10.8. The second-order valence-corrected chi connectivity index (χ2v) is 3.64. The van der Waals surface area contributed by atoms with E-state index in [1.54, 1.807) is 6.26 Å². The van der Waals surface area contributed by atoms with Gasteiger partial charge in [0.2, 0.25) is 0 Å². The summed E-state index contributed by atoms with van der Waals surface area (Å²) in [6.07, 6.45) is -2.67. The first-order valence-corrected chi connectivity index (χ1v) is 5.22. The van der Waals surface area contributed by atoms with Crippen molar-refractivity contribution in [1.82, 2.24) is 0 Å². The number of alkyl halides is 3. The lowest BCUT2D eigenvalue weighted by atomic mass is 10.1. The largest absolute Gasteiger partial charge is 0.508 e. The molecule has 1 N–H and O–H groups in total. The highest BCUT2D eigenvalue weighted by atomic mass is 32.2. The second kappa shape index (κ2) is 4.13. The molecule has 0 spiro atoms. The Morgan fingerprint density at radius 1 is 1.36 bits per heavy atom. The quantitative estimate of drug-likeness (QED) is 0.828. The smallest absolute Gasteiger partial charge is 0.416 e. The molecule has 0 fully saturated rings. The first-order chi connectivity index (χ1) is 6.45. The lowest BCUT2D eigenvalue weighted by Crippen LogP contribution is -2.08. The Bertz CT molecular complexity index is 322. The summed E-state index contributed by atoms with van der Waals surface area (Å²) in [6, 6.07) is 3.32. The van der Waals surface area contributed by atoms with Gasteiger partial charge < -0.3 is 5.11 Å². The third kappa shape index (κ3) is 2.57. The molecular weight excluding hydrogens is 213 g/mol. The molecule has 14 heavy (non-hydrogen) atoms. The number of rotatable bonds is 2. The maximum absolute atomic E-state index is 12.4. The molecule has 1 aromatic rings. The van der Waals surface area contributed by atoms with Crippen LogP contribution in [0.2, 0.25) is 0 Å². The van der Waals surface area contributed by atoms with Crippen LogP contribution in [-0.4, -0.2) is 11.4 Å². The van der Waals surface area contributed by atoms with Gasteiger partial charge in [-0.15, -0.1) is 0 Å². The number of hydrogen-bond donors (Lipinski definition) is 1. The Kier molecular flexibility index (Phi) is 3.31. The van der Waals surface area contributed by atoms with Gasteiger partial charge in [-0.1, -0.05) is 6.07 Å². The van der Waals surface area contributed by atoms with E-state index in [1.165, 1.54) is 23.9 Å². The predicted octanol–water partition coefficient (Wildman–Crippen LogP) is 3.27. The van der Waals surface area contributed by atoms with Crippen molar-refractivity contribution in [2.45, 2.75) is 11.9 Å². The van der Waals surface area contributed by atoms with Gasteiger partial charge in [-0.2, -0.15) is 24.9 Å². The van der Waals surface area contributed by atoms with Crippen molar-refractivity contribution < 1.29 is 18.3 Å². The number of benzene rings is 1. The molecule has 0 unspecified atom stereocenters. The van der Waals surface area contributed by atoms with Crippen LogP contribution in [0.5, 0.6) is 5.75 Å². The summed E-state index contributed by atoms with van der Waals surface area (Å²) in [5.74, 6) is -0.0723. The Morgan fingerprint density at radius 3 is 2.50 bits per heavy atom. The minimum Gasteiger partial charge on any atom is -0.508 e. The van der Waals surface area contributed by atoms with Crippen molar-refractivity contribution in [2.24, 2.45) is 0 Å². The predicted molar refractivity (Wildman–Crippen MR) is 50.3 cm³/mol. The van der Waals surface area contributed by atoms with Gasteiger partial charge in [-0.05, 0) is 24.0 Å². The zero-order valence-corrected chi connectivity index (χ0v) is 8.25. The van der Waals surface area contributed by atoms with Gasteiger partial charge in [0.05, 0.1) is 5.56 Å². The lowest BCUT2D eigenvalue weighted by molar-refractivity contribution is -0.138. The number of phenolic OH excluding ortho intramolecular Hbond substituents is 1. The molecule has 0 aromatic heterocycles. The SMILES string of the molecule is CSCc1ccc(O)cc1C(F)(F)F. The molecule has 0 heterocycles. The van der Waals surface area contributed by atoms with Crippen LogP contribution in [0.4, 0.5) is 13.2 Å². The summed E-state index contributed by atoms with van der Waals surface area (Å²) in [7, 11) is 0. The molecule has 5 heteroatoms. The Morgan fingerprint density at radius 2 is 2.00 bits per heavy atom. The Labute approximate surface area is 83.9 Å². The van der Waals surface area contributed by atoms with Crippen molar-refractivity contribution in [1.29, 1.82) is 0 Å². The van der Waals surface area contributed by atoms with Gasteiger partial charge in [-0.25, -0.2) is 0 Å². The van der Waals surface area contributed by atoms with Gasteiger partial charge >= 0.3 is 6.18 Å². The molecule has 0 amide bonds. The highest BCUT2D eigenvalue weighted by molar-refractivity contribution is 7.97. The van der Waals surface area contributed by atoms with E-state index >= 15 is 0 Å². The molecule has 0 aliphatic carbocycles. The van der Waals surface area contributed by atoms with Crippen LogP contribution in [0.1, 0.15) is 11.1 Å². The molecular formula is C9H9F3OS. The average molecular weight is 222 g/mol. The summed E-state index contributed by atoms with van der Waals surface area (Å²) in [6.45, 7) is 0. The van der Waals surface area contributed by atoms with Crippen LogP contribution in [0.25, 0.3) is 0 Å². The average Bonchev–Trinajstić information content (AvgIpc) is 2.07.